The molecule has 0 aliphatic carbocycles. The van der Waals surface area contributed by atoms with Gasteiger partial charge in [-0.15, -0.1) is 0 Å². The second kappa shape index (κ2) is 7.54. The molecule has 0 bridgehead atoms. The van der Waals surface area contributed by atoms with Gasteiger partial charge >= 0.3 is 6.09 Å². The molecule has 17 heavy (non-hydrogen) atoms. The maximum absolute atomic E-state index is 11.5. The maximum atomic E-state index is 11.5. The van der Waals surface area contributed by atoms with Crippen molar-refractivity contribution in [2.24, 2.45) is 5.92 Å². The molecular formula is C13H28N2O2. The van der Waals surface area contributed by atoms with Crippen molar-refractivity contribution in [2.75, 3.05) is 13.1 Å². The molecule has 0 aliphatic rings. The Morgan fingerprint density at radius 1 is 1.29 bits per heavy atom. The minimum absolute atomic E-state index is 0.313. The number of carbonyl (C=O) groups excluding carboxylic acids is 1. The first kappa shape index (κ1) is 16.2. The van der Waals surface area contributed by atoms with Gasteiger partial charge in [0.25, 0.3) is 0 Å². The molecule has 0 aromatic rings. The fourth-order valence-electron chi connectivity index (χ4n) is 1.62. The molecule has 0 fully saturated rings. The van der Waals surface area contributed by atoms with E-state index in [9.17, 15) is 4.79 Å². The molecule has 0 aliphatic heterocycles. The van der Waals surface area contributed by atoms with Crippen molar-refractivity contribution in [3.05, 3.63) is 0 Å². The number of rotatable bonds is 6. The molecule has 0 aromatic carbocycles. The zero-order chi connectivity index (χ0) is 13.5. The number of likely N-dealkylation sites (N-methyl/N-ethyl adjacent to an activating group) is 1. The number of hydrogen-bond acceptors (Lipinski definition) is 3. The number of nitrogens with one attached hydrogen (secondary N) is 2. The lowest BCUT2D eigenvalue weighted by Gasteiger charge is -2.23. The highest BCUT2D eigenvalue weighted by molar-refractivity contribution is 5.67. The molecule has 0 saturated heterocycles. The zero-order valence-corrected chi connectivity index (χ0v) is 12.1. The van der Waals surface area contributed by atoms with Crippen LogP contribution in [0.1, 0.15) is 48.0 Å². The molecule has 1 unspecified atom stereocenters. The summed E-state index contributed by atoms with van der Waals surface area (Å²) in [4.78, 5) is 11.5. The van der Waals surface area contributed by atoms with E-state index in [1.54, 1.807) is 0 Å². The maximum Gasteiger partial charge on any atom is 0.407 e. The molecular weight excluding hydrogens is 216 g/mol. The summed E-state index contributed by atoms with van der Waals surface area (Å²) in [6.45, 7) is 13.5. The Morgan fingerprint density at radius 2 is 1.88 bits per heavy atom. The van der Waals surface area contributed by atoms with E-state index in [1.165, 1.54) is 0 Å². The summed E-state index contributed by atoms with van der Waals surface area (Å²) < 4.78 is 5.19. The van der Waals surface area contributed by atoms with Gasteiger partial charge in [0.1, 0.15) is 5.60 Å². The molecule has 0 heterocycles. The van der Waals surface area contributed by atoms with Gasteiger partial charge in [-0.3, -0.25) is 0 Å². The van der Waals surface area contributed by atoms with Gasteiger partial charge in [0.05, 0.1) is 0 Å². The number of alkyl carbamates (subject to hydrolysis) is 1. The van der Waals surface area contributed by atoms with Crippen molar-refractivity contribution in [3.63, 3.8) is 0 Å². The third-order valence-corrected chi connectivity index (χ3v) is 2.14. The second-order valence-electron chi connectivity index (χ2n) is 5.77. The largest absolute Gasteiger partial charge is 0.444 e. The highest BCUT2D eigenvalue weighted by Gasteiger charge is 2.17. The van der Waals surface area contributed by atoms with Crippen molar-refractivity contribution < 1.29 is 9.53 Å². The SMILES string of the molecule is CCNC(CNC(=O)OC(C)(C)C)CC(C)C. The molecule has 0 radical (unpaired) electrons. The van der Waals surface area contributed by atoms with Gasteiger partial charge in [-0.2, -0.15) is 0 Å². The lowest BCUT2D eigenvalue weighted by molar-refractivity contribution is 0.0521. The normalized spacial score (nSPS) is 13.6. The Bertz CT molecular complexity index is 222. The molecule has 0 aromatic heterocycles. The molecule has 102 valence electrons. The van der Waals surface area contributed by atoms with Gasteiger partial charge in [-0.05, 0) is 39.7 Å². The fourth-order valence-corrected chi connectivity index (χ4v) is 1.62. The Kier molecular flexibility index (Phi) is 7.19. The van der Waals surface area contributed by atoms with Crippen molar-refractivity contribution in [2.45, 2.75) is 59.6 Å². The van der Waals surface area contributed by atoms with Crippen LogP contribution in [-0.2, 0) is 4.74 Å². The van der Waals surface area contributed by atoms with Crippen molar-refractivity contribution in [1.82, 2.24) is 10.6 Å². The summed E-state index contributed by atoms with van der Waals surface area (Å²) in [5.41, 5.74) is -0.435. The summed E-state index contributed by atoms with van der Waals surface area (Å²) in [5, 5.41) is 6.17. The summed E-state index contributed by atoms with van der Waals surface area (Å²) >= 11 is 0. The summed E-state index contributed by atoms with van der Waals surface area (Å²) in [6, 6.07) is 0.313. The first-order valence-electron chi connectivity index (χ1n) is 6.44. The van der Waals surface area contributed by atoms with E-state index in [1.807, 2.05) is 20.8 Å². The van der Waals surface area contributed by atoms with E-state index in [4.69, 9.17) is 4.74 Å². The van der Waals surface area contributed by atoms with E-state index in [-0.39, 0.29) is 6.09 Å². The van der Waals surface area contributed by atoms with Gasteiger partial charge in [0, 0.05) is 12.6 Å². The standard InChI is InChI=1S/C13H28N2O2/c1-7-14-11(8-10(2)3)9-15-12(16)17-13(4,5)6/h10-11,14H,7-9H2,1-6H3,(H,15,16). The molecule has 0 saturated carbocycles. The zero-order valence-electron chi connectivity index (χ0n) is 12.1. The predicted octanol–water partition coefficient (Wildman–Crippen LogP) is 2.54. The molecule has 1 amide bonds. The van der Waals surface area contributed by atoms with E-state index in [2.05, 4.69) is 31.4 Å². The Morgan fingerprint density at radius 3 is 2.29 bits per heavy atom. The third-order valence-electron chi connectivity index (χ3n) is 2.14. The molecule has 1 atom stereocenters. The van der Waals surface area contributed by atoms with E-state index in [0.717, 1.165) is 13.0 Å². The van der Waals surface area contributed by atoms with Crippen LogP contribution < -0.4 is 10.6 Å². The highest BCUT2D eigenvalue weighted by atomic mass is 16.6. The van der Waals surface area contributed by atoms with Crippen LogP contribution in [0.3, 0.4) is 0 Å². The number of carbonyl (C=O) groups is 1. The van der Waals surface area contributed by atoms with Crippen LogP contribution >= 0.6 is 0 Å². The lowest BCUT2D eigenvalue weighted by atomic mass is 10.0. The van der Waals surface area contributed by atoms with E-state index >= 15 is 0 Å². The van der Waals surface area contributed by atoms with Crippen LogP contribution in [0.15, 0.2) is 0 Å². The first-order chi connectivity index (χ1) is 7.74. The van der Waals surface area contributed by atoms with Crippen LogP contribution in [0.25, 0.3) is 0 Å². The molecule has 0 spiro atoms. The lowest BCUT2D eigenvalue weighted by Crippen LogP contribution is -2.43. The van der Waals surface area contributed by atoms with Crippen LogP contribution in [0, 0.1) is 5.92 Å². The topological polar surface area (TPSA) is 50.4 Å². The first-order valence-corrected chi connectivity index (χ1v) is 6.44. The van der Waals surface area contributed by atoms with Crippen LogP contribution in [0.5, 0.6) is 0 Å². The van der Waals surface area contributed by atoms with Gasteiger partial charge in [0.15, 0.2) is 0 Å². The Balaban J connectivity index is 3.99. The van der Waals surface area contributed by atoms with Crippen LogP contribution in [0.2, 0.25) is 0 Å². The summed E-state index contributed by atoms with van der Waals surface area (Å²) in [6.07, 6.45) is 0.702. The molecule has 2 N–H and O–H groups in total. The smallest absolute Gasteiger partial charge is 0.407 e. The van der Waals surface area contributed by atoms with Crippen LogP contribution in [-0.4, -0.2) is 30.8 Å². The van der Waals surface area contributed by atoms with Crippen molar-refractivity contribution >= 4 is 6.09 Å². The molecule has 0 rings (SSSR count). The van der Waals surface area contributed by atoms with E-state index in [0.29, 0.717) is 18.5 Å². The van der Waals surface area contributed by atoms with Gasteiger partial charge in [0.2, 0.25) is 0 Å². The number of hydrogen-bond donors (Lipinski definition) is 2. The minimum Gasteiger partial charge on any atom is -0.444 e. The highest BCUT2D eigenvalue weighted by Crippen LogP contribution is 2.07. The van der Waals surface area contributed by atoms with E-state index < -0.39 is 5.60 Å². The molecule has 4 heteroatoms. The summed E-state index contributed by atoms with van der Waals surface area (Å²) in [5.74, 6) is 0.611. The quantitative estimate of drug-likeness (QED) is 0.755. The minimum atomic E-state index is -0.435. The monoisotopic (exact) mass is 244 g/mol. The van der Waals surface area contributed by atoms with Crippen molar-refractivity contribution in [3.8, 4) is 0 Å². The second-order valence-corrected chi connectivity index (χ2v) is 5.77. The van der Waals surface area contributed by atoms with Gasteiger partial charge < -0.3 is 15.4 Å². The van der Waals surface area contributed by atoms with Crippen LogP contribution in [0.4, 0.5) is 4.79 Å². The predicted molar refractivity (Wildman–Crippen MR) is 71.2 cm³/mol. The van der Waals surface area contributed by atoms with Crippen molar-refractivity contribution in [1.29, 1.82) is 0 Å². The average molecular weight is 244 g/mol. The van der Waals surface area contributed by atoms with Gasteiger partial charge in [-0.25, -0.2) is 4.79 Å². The average Bonchev–Trinajstić information content (AvgIpc) is 2.11. The number of ether oxygens (including phenoxy) is 1. The third kappa shape index (κ3) is 10.1. The fraction of sp³-hybridized carbons (Fsp3) is 0.923. The Labute approximate surface area is 105 Å². The van der Waals surface area contributed by atoms with Gasteiger partial charge in [-0.1, -0.05) is 20.8 Å². The molecule has 4 nitrogen and oxygen atoms in total. The summed E-state index contributed by atoms with van der Waals surface area (Å²) in [7, 11) is 0. The number of amides is 1. The Hall–Kier alpha value is -0.770.